The van der Waals surface area contributed by atoms with Crippen molar-refractivity contribution >= 4 is 28.6 Å². The van der Waals surface area contributed by atoms with E-state index in [0.29, 0.717) is 24.7 Å². The number of pyridine rings is 1. The highest BCUT2D eigenvalue weighted by Gasteiger charge is 2.26. The first-order valence-electron chi connectivity index (χ1n) is 12.7. The van der Waals surface area contributed by atoms with Crippen LogP contribution in [-0.4, -0.2) is 49.8 Å². The van der Waals surface area contributed by atoms with Gasteiger partial charge in [0.25, 0.3) is 0 Å². The molecule has 0 bridgehead atoms. The molecule has 0 unspecified atom stereocenters. The Balaban J connectivity index is 1.22. The van der Waals surface area contributed by atoms with Crippen molar-refractivity contribution in [2.45, 2.75) is 45.2 Å². The van der Waals surface area contributed by atoms with Gasteiger partial charge in [0.15, 0.2) is 0 Å². The Morgan fingerprint density at radius 2 is 2.03 bits per heavy atom. The van der Waals surface area contributed by atoms with Crippen molar-refractivity contribution < 1.29 is 28.2 Å². The van der Waals surface area contributed by atoms with Crippen molar-refractivity contribution in [3.63, 3.8) is 0 Å². The van der Waals surface area contributed by atoms with E-state index in [0.717, 1.165) is 60.2 Å². The van der Waals surface area contributed by atoms with E-state index in [9.17, 15) is 18.7 Å². The molecule has 1 fully saturated rings. The number of benzene rings is 2. The minimum absolute atomic E-state index is 0.0752. The lowest BCUT2D eigenvalue weighted by atomic mass is 10.1. The molecule has 0 aliphatic carbocycles. The number of halogens is 3. The summed E-state index contributed by atoms with van der Waals surface area (Å²) in [5.74, 6) is -1.32. The summed E-state index contributed by atoms with van der Waals surface area (Å²) in [6, 6.07) is 10.1. The second kappa shape index (κ2) is 10.5. The topological polar surface area (TPSA) is 89.7 Å². The minimum atomic E-state index is -0.983. The number of carboxylic acids is 1. The molecule has 39 heavy (non-hydrogen) atoms. The van der Waals surface area contributed by atoms with Crippen LogP contribution in [0.25, 0.3) is 11.0 Å². The Morgan fingerprint density at radius 1 is 1.18 bits per heavy atom. The number of hydrogen-bond acceptors (Lipinski definition) is 6. The van der Waals surface area contributed by atoms with Gasteiger partial charge in [0.1, 0.15) is 29.1 Å². The Labute approximate surface area is 227 Å². The first-order valence-corrected chi connectivity index (χ1v) is 13.0. The van der Waals surface area contributed by atoms with E-state index in [-0.39, 0.29) is 29.7 Å². The maximum atomic E-state index is 14.0. The van der Waals surface area contributed by atoms with Gasteiger partial charge in [-0.2, -0.15) is 0 Å². The fourth-order valence-corrected chi connectivity index (χ4v) is 5.18. The van der Waals surface area contributed by atoms with Gasteiger partial charge in [-0.3, -0.25) is 4.90 Å². The van der Waals surface area contributed by atoms with Crippen LogP contribution in [0.3, 0.4) is 0 Å². The van der Waals surface area contributed by atoms with E-state index in [4.69, 9.17) is 26.1 Å². The predicted octanol–water partition coefficient (Wildman–Crippen LogP) is 4.99. The van der Waals surface area contributed by atoms with E-state index < -0.39 is 17.6 Å². The number of aromatic carboxylic acids is 1. The standard InChI is InChI=1S/C28H25ClF2N4O4/c29-21-9-16-5-7-34(13-24(16)33-27(21)39-15-18-1-3-19(30)11-22(18)31)14-26-32-23-4-2-17(28(36)37)10-25(23)35(26)12-20-6-8-38-20/h1-4,9-11,20H,5-8,12-15H2,(H,36,37)/t20-/m0/s1. The summed E-state index contributed by atoms with van der Waals surface area (Å²) in [5.41, 5.74) is 3.74. The Kier molecular flexibility index (Phi) is 6.92. The number of aromatic nitrogens is 3. The second-order valence-electron chi connectivity index (χ2n) is 9.79. The van der Waals surface area contributed by atoms with Crippen molar-refractivity contribution in [1.82, 2.24) is 19.4 Å². The molecular weight excluding hydrogens is 530 g/mol. The van der Waals surface area contributed by atoms with Gasteiger partial charge < -0.3 is 19.1 Å². The van der Waals surface area contributed by atoms with Gasteiger partial charge in [-0.25, -0.2) is 23.5 Å². The zero-order valence-electron chi connectivity index (χ0n) is 20.9. The number of ether oxygens (including phenoxy) is 2. The van der Waals surface area contributed by atoms with Crippen molar-refractivity contribution in [3.05, 3.63) is 87.3 Å². The second-order valence-corrected chi connectivity index (χ2v) is 10.2. The molecule has 0 spiro atoms. The number of imidazole rings is 1. The quantitative estimate of drug-likeness (QED) is 0.328. The summed E-state index contributed by atoms with van der Waals surface area (Å²) in [7, 11) is 0. The fourth-order valence-electron chi connectivity index (χ4n) is 4.95. The Hall–Kier alpha value is -3.60. The maximum absolute atomic E-state index is 14.0. The molecule has 2 aliphatic rings. The average molecular weight is 555 g/mol. The lowest BCUT2D eigenvalue weighted by Gasteiger charge is -2.30. The number of fused-ring (bicyclic) bond motifs is 2. The molecule has 4 heterocycles. The van der Waals surface area contributed by atoms with Gasteiger partial charge >= 0.3 is 5.97 Å². The molecule has 1 N–H and O–H groups in total. The summed E-state index contributed by atoms with van der Waals surface area (Å²) in [6.45, 7) is 3.01. The van der Waals surface area contributed by atoms with Crippen molar-refractivity contribution in [1.29, 1.82) is 0 Å². The summed E-state index contributed by atoms with van der Waals surface area (Å²) in [4.78, 5) is 23.2. The van der Waals surface area contributed by atoms with Crippen molar-refractivity contribution in [3.8, 4) is 5.88 Å². The van der Waals surface area contributed by atoms with Crippen LogP contribution in [0.15, 0.2) is 42.5 Å². The zero-order valence-corrected chi connectivity index (χ0v) is 21.6. The normalized spacial score (nSPS) is 17.2. The molecule has 1 saturated heterocycles. The number of nitrogens with zero attached hydrogens (tertiary/aromatic N) is 4. The molecule has 2 aliphatic heterocycles. The fraction of sp³-hybridized carbons (Fsp3) is 0.321. The van der Waals surface area contributed by atoms with Crippen LogP contribution in [0, 0.1) is 11.6 Å². The molecule has 1 atom stereocenters. The smallest absolute Gasteiger partial charge is 0.335 e. The predicted molar refractivity (Wildman–Crippen MR) is 139 cm³/mol. The maximum Gasteiger partial charge on any atom is 0.335 e. The number of carboxylic acid groups (broad SMARTS) is 1. The third-order valence-corrected chi connectivity index (χ3v) is 7.45. The first-order chi connectivity index (χ1) is 18.8. The van der Waals surface area contributed by atoms with E-state index >= 15 is 0 Å². The van der Waals surface area contributed by atoms with Crippen LogP contribution in [0.4, 0.5) is 8.78 Å². The summed E-state index contributed by atoms with van der Waals surface area (Å²) >= 11 is 6.41. The highest BCUT2D eigenvalue weighted by molar-refractivity contribution is 6.31. The van der Waals surface area contributed by atoms with E-state index in [2.05, 4.69) is 14.5 Å². The SMILES string of the molecule is O=C(O)c1ccc2nc(CN3CCc4cc(Cl)c(OCc5ccc(F)cc5F)nc4C3)n(C[C@@H]3CCO3)c2c1. The molecule has 0 radical (unpaired) electrons. The summed E-state index contributed by atoms with van der Waals surface area (Å²) < 4.78 is 40.7. The van der Waals surface area contributed by atoms with Gasteiger partial charge in [0.05, 0.1) is 41.5 Å². The number of carbonyl (C=O) groups is 1. The first kappa shape index (κ1) is 25.7. The van der Waals surface area contributed by atoms with Gasteiger partial charge in [-0.15, -0.1) is 0 Å². The monoisotopic (exact) mass is 554 g/mol. The van der Waals surface area contributed by atoms with E-state index in [1.54, 1.807) is 18.2 Å². The number of hydrogen-bond donors (Lipinski definition) is 1. The Bertz CT molecular complexity index is 1570. The molecule has 0 amide bonds. The van der Waals surface area contributed by atoms with E-state index in [1.165, 1.54) is 12.1 Å². The van der Waals surface area contributed by atoms with Crippen LogP contribution in [0.2, 0.25) is 5.02 Å². The molecule has 2 aromatic heterocycles. The van der Waals surface area contributed by atoms with Crippen LogP contribution in [0.1, 0.15) is 39.4 Å². The molecule has 11 heteroatoms. The highest BCUT2D eigenvalue weighted by Crippen LogP contribution is 2.30. The van der Waals surface area contributed by atoms with Gasteiger partial charge in [-0.05, 0) is 54.8 Å². The lowest BCUT2D eigenvalue weighted by molar-refractivity contribution is -0.0592. The third-order valence-electron chi connectivity index (χ3n) is 7.18. The largest absolute Gasteiger partial charge is 0.478 e. The minimum Gasteiger partial charge on any atom is -0.478 e. The summed E-state index contributed by atoms with van der Waals surface area (Å²) in [6.07, 6.45) is 1.75. The van der Waals surface area contributed by atoms with Crippen LogP contribution in [-0.2, 0) is 37.4 Å². The molecule has 2 aromatic carbocycles. The molecule has 4 aromatic rings. The number of rotatable bonds is 8. The van der Waals surface area contributed by atoms with Crippen LogP contribution >= 0.6 is 11.6 Å². The zero-order chi connectivity index (χ0) is 27.1. The van der Waals surface area contributed by atoms with Gasteiger partial charge in [-0.1, -0.05) is 11.6 Å². The molecular formula is C28H25ClF2N4O4. The lowest BCUT2D eigenvalue weighted by Crippen LogP contribution is -2.34. The third kappa shape index (κ3) is 5.32. The molecule has 202 valence electrons. The summed E-state index contributed by atoms with van der Waals surface area (Å²) in [5, 5.41) is 9.82. The molecule has 0 saturated carbocycles. The highest BCUT2D eigenvalue weighted by atomic mass is 35.5. The average Bonchev–Trinajstić information content (AvgIpc) is 3.21. The van der Waals surface area contributed by atoms with Gasteiger partial charge in [0.2, 0.25) is 5.88 Å². The van der Waals surface area contributed by atoms with Crippen molar-refractivity contribution in [2.75, 3.05) is 13.2 Å². The van der Waals surface area contributed by atoms with E-state index in [1.807, 2.05) is 6.07 Å². The van der Waals surface area contributed by atoms with Crippen molar-refractivity contribution in [2.24, 2.45) is 0 Å². The van der Waals surface area contributed by atoms with Gasteiger partial charge in [0, 0.05) is 31.3 Å². The molecule has 8 nitrogen and oxygen atoms in total. The molecule has 6 rings (SSSR count). The van der Waals surface area contributed by atoms with Crippen LogP contribution < -0.4 is 4.74 Å². The van der Waals surface area contributed by atoms with Crippen LogP contribution in [0.5, 0.6) is 5.88 Å². The Morgan fingerprint density at radius 3 is 2.77 bits per heavy atom.